The molecule has 0 radical (unpaired) electrons. The zero-order valence-electron chi connectivity index (χ0n) is 17.1. The van der Waals surface area contributed by atoms with Gasteiger partial charge < -0.3 is 13.7 Å². The first-order valence-electron chi connectivity index (χ1n) is 9.87. The first-order chi connectivity index (χ1) is 15.1. The first-order valence-corrected chi connectivity index (χ1v) is 9.87. The van der Waals surface area contributed by atoms with Crippen LogP contribution in [0.3, 0.4) is 0 Å². The fourth-order valence-electron chi connectivity index (χ4n) is 3.49. The lowest BCUT2D eigenvalue weighted by Gasteiger charge is -2.03. The van der Waals surface area contributed by atoms with Gasteiger partial charge in [0.05, 0.1) is 19.3 Å². The Bertz CT molecular complexity index is 1410. The minimum Gasteiger partial charge on any atom is -0.497 e. The Morgan fingerprint density at radius 2 is 1.77 bits per heavy atom. The van der Waals surface area contributed by atoms with Crippen molar-refractivity contribution < 1.29 is 9.15 Å². The molecule has 154 valence electrons. The number of hydrogen-bond donors (Lipinski definition) is 0. The Labute approximate surface area is 178 Å². The Morgan fingerprint density at radius 3 is 2.52 bits per heavy atom. The molecule has 0 N–H and O–H groups in total. The molecule has 7 heteroatoms. The van der Waals surface area contributed by atoms with Crippen LogP contribution in [0, 0.1) is 6.92 Å². The summed E-state index contributed by atoms with van der Waals surface area (Å²) in [5, 5.41) is 4.54. The average molecular weight is 412 g/mol. The van der Waals surface area contributed by atoms with Crippen molar-refractivity contribution in [2.45, 2.75) is 13.5 Å². The van der Waals surface area contributed by atoms with E-state index in [2.05, 4.69) is 10.1 Å². The van der Waals surface area contributed by atoms with E-state index < -0.39 is 0 Å². The predicted octanol–water partition coefficient (Wildman–Crippen LogP) is 4.18. The van der Waals surface area contributed by atoms with Gasteiger partial charge in [0.2, 0.25) is 5.89 Å². The highest BCUT2D eigenvalue weighted by Crippen LogP contribution is 2.23. The Hall–Kier alpha value is -4.13. The molecular weight excluding hydrogens is 392 g/mol. The summed E-state index contributed by atoms with van der Waals surface area (Å²) in [4.78, 5) is 17.7. The summed E-state index contributed by atoms with van der Waals surface area (Å²) in [6.45, 7) is 2.18. The molecule has 3 heterocycles. The maximum atomic E-state index is 13.1. The zero-order chi connectivity index (χ0) is 21.4. The third-order valence-corrected chi connectivity index (χ3v) is 5.22. The second kappa shape index (κ2) is 7.60. The molecule has 0 spiro atoms. The highest BCUT2D eigenvalue weighted by atomic mass is 16.5. The Kier molecular flexibility index (Phi) is 4.63. The SMILES string of the molecule is COc1ccc(-c2cc3c(=O)n(Cc4nc(-c5ccccc5)oc4C)ccn3n2)cc1. The summed E-state index contributed by atoms with van der Waals surface area (Å²) in [6.07, 6.45) is 3.49. The van der Waals surface area contributed by atoms with Crippen LogP contribution < -0.4 is 10.3 Å². The number of methoxy groups -OCH3 is 1. The number of fused-ring (bicyclic) bond motifs is 1. The molecule has 31 heavy (non-hydrogen) atoms. The van der Waals surface area contributed by atoms with Gasteiger partial charge in [0.1, 0.15) is 22.7 Å². The molecule has 0 unspecified atom stereocenters. The van der Waals surface area contributed by atoms with Crippen molar-refractivity contribution in [1.82, 2.24) is 19.2 Å². The lowest BCUT2D eigenvalue weighted by molar-refractivity contribution is 0.415. The van der Waals surface area contributed by atoms with E-state index in [0.717, 1.165) is 28.3 Å². The molecule has 5 aromatic rings. The van der Waals surface area contributed by atoms with Gasteiger partial charge in [-0.15, -0.1) is 0 Å². The van der Waals surface area contributed by atoms with Crippen molar-refractivity contribution in [2.24, 2.45) is 0 Å². The van der Waals surface area contributed by atoms with E-state index in [4.69, 9.17) is 9.15 Å². The quantitative estimate of drug-likeness (QED) is 0.433. The second-order valence-electron chi connectivity index (χ2n) is 7.21. The fourth-order valence-corrected chi connectivity index (χ4v) is 3.49. The number of nitrogens with zero attached hydrogens (tertiary/aromatic N) is 4. The first kappa shape index (κ1) is 18.9. The Morgan fingerprint density at radius 1 is 1.00 bits per heavy atom. The molecule has 0 saturated heterocycles. The van der Waals surface area contributed by atoms with Crippen molar-refractivity contribution in [2.75, 3.05) is 7.11 Å². The number of ether oxygens (including phenoxy) is 1. The van der Waals surface area contributed by atoms with E-state index in [1.54, 1.807) is 34.7 Å². The lowest BCUT2D eigenvalue weighted by atomic mass is 10.1. The van der Waals surface area contributed by atoms with Crippen LogP contribution in [0.25, 0.3) is 28.2 Å². The maximum absolute atomic E-state index is 13.1. The Balaban J connectivity index is 1.48. The molecule has 2 aromatic carbocycles. The van der Waals surface area contributed by atoms with Crippen LogP contribution in [-0.4, -0.2) is 26.3 Å². The summed E-state index contributed by atoms with van der Waals surface area (Å²) in [6, 6.07) is 19.1. The van der Waals surface area contributed by atoms with Crippen LogP contribution in [-0.2, 0) is 6.54 Å². The van der Waals surface area contributed by atoms with Gasteiger partial charge in [0.15, 0.2) is 0 Å². The van der Waals surface area contributed by atoms with Crippen LogP contribution in [0.5, 0.6) is 5.75 Å². The topological polar surface area (TPSA) is 74.6 Å². The summed E-state index contributed by atoms with van der Waals surface area (Å²) >= 11 is 0. The van der Waals surface area contributed by atoms with Gasteiger partial charge in [0, 0.05) is 23.5 Å². The van der Waals surface area contributed by atoms with Crippen LogP contribution in [0.1, 0.15) is 11.5 Å². The van der Waals surface area contributed by atoms with Gasteiger partial charge in [-0.25, -0.2) is 9.50 Å². The number of aromatic nitrogens is 4. The van der Waals surface area contributed by atoms with Crippen molar-refractivity contribution in [1.29, 1.82) is 0 Å². The van der Waals surface area contributed by atoms with Gasteiger partial charge >= 0.3 is 0 Å². The van der Waals surface area contributed by atoms with E-state index in [1.165, 1.54) is 0 Å². The summed E-state index contributed by atoms with van der Waals surface area (Å²) in [5.41, 5.74) is 3.62. The standard InChI is InChI=1S/C24H20N4O3/c1-16-21(25-23(31-16)18-6-4-3-5-7-18)15-27-12-13-28-22(24(27)29)14-20(26-28)17-8-10-19(30-2)11-9-17/h3-14H,15H2,1-2H3. The molecular formula is C24H20N4O3. The highest BCUT2D eigenvalue weighted by Gasteiger charge is 2.14. The van der Waals surface area contributed by atoms with Crippen LogP contribution in [0.2, 0.25) is 0 Å². The third-order valence-electron chi connectivity index (χ3n) is 5.22. The molecule has 5 rings (SSSR count). The lowest BCUT2D eigenvalue weighted by Crippen LogP contribution is -2.22. The smallest absolute Gasteiger partial charge is 0.276 e. The van der Waals surface area contributed by atoms with Crippen molar-refractivity contribution >= 4 is 5.52 Å². The summed E-state index contributed by atoms with van der Waals surface area (Å²) in [7, 11) is 1.63. The molecule has 0 saturated carbocycles. The number of rotatable bonds is 5. The number of hydrogen-bond acceptors (Lipinski definition) is 5. The summed E-state index contributed by atoms with van der Waals surface area (Å²) in [5.74, 6) is 2.01. The van der Waals surface area contributed by atoms with E-state index in [0.29, 0.717) is 23.7 Å². The molecule has 0 fully saturated rings. The second-order valence-corrected chi connectivity index (χ2v) is 7.21. The van der Waals surface area contributed by atoms with E-state index in [9.17, 15) is 4.79 Å². The average Bonchev–Trinajstić information content (AvgIpc) is 3.41. The van der Waals surface area contributed by atoms with Crippen LogP contribution in [0.4, 0.5) is 0 Å². The van der Waals surface area contributed by atoms with Gasteiger partial charge in [-0.2, -0.15) is 5.10 Å². The van der Waals surface area contributed by atoms with Crippen molar-refractivity contribution in [3.05, 3.63) is 94.9 Å². The van der Waals surface area contributed by atoms with Crippen molar-refractivity contribution in [3.63, 3.8) is 0 Å². The number of oxazole rings is 1. The van der Waals surface area contributed by atoms with Gasteiger partial charge in [-0.05, 0) is 49.4 Å². The van der Waals surface area contributed by atoms with E-state index in [1.807, 2.05) is 61.5 Å². The highest BCUT2D eigenvalue weighted by molar-refractivity contribution is 5.66. The molecule has 3 aromatic heterocycles. The van der Waals surface area contributed by atoms with Crippen molar-refractivity contribution in [3.8, 4) is 28.5 Å². The largest absolute Gasteiger partial charge is 0.497 e. The monoisotopic (exact) mass is 412 g/mol. The van der Waals surface area contributed by atoms with Gasteiger partial charge in [0.25, 0.3) is 5.56 Å². The van der Waals surface area contributed by atoms with Crippen LogP contribution in [0.15, 0.2) is 82.3 Å². The maximum Gasteiger partial charge on any atom is 0.276 e. The minimum atomic E-state index is -0.140. The summed E-state index contributed by atoms with van der Waals surface area (Å²) < 4.78 is 14.2. The fraction of sp³-hybridized carbons (Fsp3) is 0.125. The molecule has 0 atom stereocenters. The molecule has 0 aliphatic heterocycles. The van der Waals surface area contributed by atoms with Gasteiger partial charge in [-0.1, -0.05) is 18.2 Å². The number of aryl methyl sites for hydroxylation is 1. The minimum absolute atomic E-state index is 0.140. The number of benzene rings is 2. The van der Waals surface area contributed by atoms with Gasteiger partial charge in [-0.3, -0.25) is 4.79 Å². The molecule has 7 nitrogen and oxygen atoms in total. The third kappa shape index (κ3) is 3.50. The van der Waals surface area contributed by atoms with E-state index >= 15 is 0 Å². The predicted molar refractivity (Wildman–Crippen MR) is 117 cm³/mol. The van der Waals surface area contributed by atoms with Crippen LogP contribution >= 0.6 is 0 Å². The molecule has 0 amide bonds. The zero-order valence-corrected chi connectivity index (χ0v) is 17.1. The molecule has 0 bridgehead atoms. The molecule has 0 aliphatic carbocycles. The normalized spacial score (nSPS) is 11.2. The van der Waals surface area contributed by atoms with E-state index in [-0.39, 0.29) is 5.56 Å². The molecule has 0 aliphatic rings.